The van der Waals surface area contributed by atoms with Crippen molar-refractivity contribution in [2.75, 3.05) is 13.1 Å². The molecule has 116 valence electrons. The second-order valence-electron chi connectivity index (χ2n) is 7.46. The van der Waals surface area contributed by atoms with E-state index in [-0.39, 0.29) is 11.5 Å². The number of likely N-dealkylation sites (tertiary alicyclic amines) is 1. The Morgan fingerprint density at radius 1 is 1.20 bits per heavy atom. The average molecular weight is 281 g/mol. The largest absolute Gasteiger partial charge is 0.393 e. The topological polar surface area (TPSA) is 40.5 Å². The van der Waals surface area contributed by atoms with Gasteiger partial charge in [0.15, 0.2) is 0 Å². The number of carbonyl (C=O) groups excluding carboxylic acids is 1. The number of carbonyl (C=O) groups is 1. The molecule has 1 atom stereocenters. The monoisotopic (exact) mass is 281 g/mol. The number of nitrogens with zero attached hydrogens (tertiary/aromatic N) is 1. The van der Waals surface area contributed by atoms with Crippen LogP contribution in [0.15, 0.2) is 0 Å². The Balaban J connectivity index is 1.99. The second-order valence-corrected chi connectivity index (χ2v) is 7.46. The summed E-state index contributed by atoms with van der Waals surface area (Å²) < 4.78 is 0. The normalized spacial score (nSPS) is 25.1. The van der Waals surface area contributed by atoms with E-state index in [0.29, 0.717) is 17.7 Å². The maximum absolute atomic E-state index is 13.0. The molecule has 0 radical (unpaired) electrons. The number of aliphatic hydroxyl groups excluding tert-OH is 1. The summed E-state index contributed by atoms with van der Waals surface area (Å²) >= 11 is 0. The standard InChI is InChI=1S/C17H31NO2/c1-13(2)12-17(8-4-5-9-17)16(20)18-10-6-15(7-11-18)14(3)19/h13-15,19H,4-12H2,1-3H3. The maximum Gasteiger partial charge on any atom is 0.228 e. The lowest BCUT2D eigenvalue weighted by atomic mass is 9.76. The highest BCUT2D eigenvalue weighted by Gasteiger charge is 2.44. The highest BCUT2D eigenvalue weighted by molar-refractivity contribution is 5.83. The molecule has 2 fully saturated rings. The van der Waals surface area contributed by atoms with Crippen molar-refractivity contribution in [1.82, 2.24) is 4.90 Å². The number of aliphatic hydroxyl groups is 1. The molecule has 20 heavy (non-hydrogen) atoms. The molecule has 1 aliphatic carbocycles. The molecule has 1 N–H and O–H groups in total. The van der Waals surface area contributed by atoms with Gasteiger partial charge in [-0.3, -0.25) is 4.79 Å². The summed E-state index contributed by atoms with van der Waals surface area (Å²) in [7, 11) is 0. The molecule has 0 spiro atoms. The fourth-order valence-corrected chi connectivity index (χ4v) is 4.26. The number of amides is 1. The van der Waals surface area contributed by atoms with Gasteiger partial charge in [-0.1, -0.05) is 26.7 Å². The van der Waals surface area contributed by atoms with Crippen LogP contribution in [0.4, 0.5) is 0 Å². The van der Waals surface area contributed by atoms with Crippen LogP contribution in [-0.2, 0) is 4.79 Å². The van der Waals surface area contributed by atoms with Crippen LogP contribution in [0.25, 0.3) is 0 Å². The number of hydrogen-bond donors (Lipinski definition) is 1. The van der Waals surface area contributed by atoms with Gasteiger partial charge in [0.1, 0.15) is 0 Å². The Morgan fingerprint density at radius 2 is 1.75 bits per heavy atom. The van der Waals surface area contributed by atoms with Crippen LogP contribution in [0.2, 0.25) is 0 Å². The highest BCUT2D eigenvalue weighted by Crippen LogP contribution is 2.45. The third kappa shape index (κ3) is 3.36. The number of hydrogen-bond acceptors (Lipinski definition) is 2. The van der Waals surface area contributed by atoms with Crippen molar-refractivity contribution in [2.24, 2.45) is 17.3 Å². The van der Waals surface area contributed by atoms with E-state index in [1.165, 1.54) is 12.8 Å². The van der Waals surface area contributed by atoms with Crippen molar-refractivity contribution in [1.29, 1.82) is 0 Å². The Morgan fingerprint density at radius 3 is 2.20 bits per heavy atom. The van der Waals surface area contributed by atoms with Gasteiger partial charge in [-0.25, -0.2) is 0 Å². The predicted octanol–water partition coefficient (Wildman–Crippen LogP) is 3.21. The molecule has 0 aromatic heterocycles. The molecule has 1 saturated heterocycles. The lowest BCUT2D eigenvalue weighted by Gasteiger charge is -2.39. The minimum Gasteiger partial charge on any atom is -0.393 e. The smallest absolute Gasteiger partial charge is 0.228 e. The summed E-state index contributed by atoms with van der Waals surface area (Å²) in [5, 5.41) is 9.68. The third-order valence-corrected chi connectivity index (χ3v) is 5.32. The van der Waals surface area contributed by atoms with Gasteiger partial charge in [0.2, 0.25) is 5.91 Å². The Bertz CT molecular complexity index is 324. The molecule has 0 aromatic carbocycles. The van der Waals surface area contributed by atoms with Crippen molar-refractivity contribution in [3.8, 4) is 0 Å². The van der Waals surface area contributed by atoms with Crippen LogP contribution < -0.4 is 0 Å². The van der Waals surface area contributed by atoms with Gasteiger partial charge in [-0.15, -0.1) is 0 Å². The fourth-order valence-electron chi connectivity index (χ4n) is 4.26. The molecule has 0 bridgehead atoms. The van der Waals surface area contributed by atoms with Crippen LogP contribution in [0, 0.1) is 17.3 Å². The van der Waals surface area contributed by atoms with E-state index in [9.17, 15) is 9.90 Å². The van der Waals surface area contributed by atoms with Crippen LogP contribution in [0.1, 0.15) is 65.7 Å². The molecule has 3 heteroatoms. The molecular formula is C17H31NO2. The summed E-state index contributed by atoms with van der Waals surface area (Å²) in [5.41, 5.74) is -0.0637. The minimum absolute atomic E-state index is 0.0637. The van der Waals surface area contributed by atoms with E-state index in [1.807, 2.05) is 6.92 Å². The van der Waals surface area contributed by atoms with E-state index >= 15 is 0 Å². The van der Waals surface area contributed by atoms with Gasteiger partial charge in [0.05, 0.1) is 6.10 Å². The molecule has 1 aliphatic heterocycles. The van der Waals surface area contributed by atoms with Crippen LogP contribution >= 0.6 is 0 Å². The number of piperidine rings is 1. The maximum atomic E-state index is 13.0. The Labute approximate surface area is 123 Å². The van der Waals surface area contributed by atoms with Gasteiger partial charge in [0.25, 0.3) is 0 Å². The van der Waals surface area contributed by atoms with E-state index < -0.39 is 0 Å². The lowest BCUT2D eigenvalue weighted by molar-refractivity contribution is -0.145. The van der Waals surface area contributed by atoms with E-state index in [1.54, 1.807) is 0 Å². The first-order valence-corrected chi connectivity index (χ1v) is 8.42. The lowest BCUT2D eigenvalue weighted by Crippen LogP contribution is -2.47. The molecule has 3 nitrogen and oxygen atoms in total. The first kappa shape index (κ1) is 15.8. The van der Waals surface area contributed by atoms with Crippen LogP contribution in [0.3, 0.4) is 0 Å². The van der Waals surface area contributed by atoms with Crippen molar-refractivity contribution in [2.45, 2.75) is 71.8 Å². The van der Waals surface area contributed by atoms with Gasteiger partial charge < -0.3 is 10.0 Å². The predicted molar refractivity (Wildman–Crippen MR) is 81.3 cm³/mol. The summed E-state index contributed by atoms with van der Waals surface area (Å²) in [5.74, 6) is 1.38. The summed E-state index contributed by atoms with van der Waals surface area (Å²) in [4.78, 5) is 15.1. The zero-order valence-corrected chi connectivity index (χ0v) is 13.4. The van der Waals surface area contributed by atoms with Crippen molar-refractivity contribution in [3.63, 3.8) is 0 Å². The van der Waals surface area contributed by atoms with E-state index in [4.69, 9.17) is 0 Å². The second kappa shape index (κ2) is 6.46. The molecule has 2 aliphatic rings. The van der Waals surface area contributed by atoms with Gasteiger partial charge in [-0.2, -0.15) is 0 Å². The SMILES string of the molecule is CC(C)CC1(C(=O)N2CCC(C(C)O)CC2)CCCC1. The molecule has 1 saturated carbocycles. The molecular weight excluding hydrogens is 250 g/mol. The minimum atomic E-state index is -0.233. The summed E-state index contributed by atoms with van der Waals surface area (Å²) in [6, 6.07) is 0. The average Bonchev–Trinajstić information content (AvgIpc) is 2.87. The third-order valence-electron chi connectivity index (χ3n) is 5.32. The van der Waals surface area contributed by atoms with Gasteiger partial charge in [0, 0.05) is 18.5 Å². The molecule has 1 amide bonds. The Kier molecular flexibility index (Phi) is 5.11. The zero-order valence-electron chi connectivity index (χ0n) is 13.4. The molecule has 0 aromatic rings. The first-order valence-electron chi connectivity index (χ1n) is 8.42. The fraction of sp³-hybridized carbons (Fsp3) is 0.941. The highest BCUT2D eigenvalue weighted by atomic mass is 16.3. The van der Waals surface area contributed by atoms with Crippen molar-refractivity contribution >= 4 is 5.91 Å². The van der Waals surface area contributed by atoms with Crippen LogP contribution in [0.5, 0.6) is 0 Å². The Hall–Kier alpha value is -0.570. The zero-order chi connectivity index (χ0) is 14.8. The number of rotatable bonds is 4. The van der Waals surface area contributed by atoms with E-state index in [2.05, 4.69) is 18.7 Å². The summed E-state index contributed by atoms with van der Waals surface area (Å²) in [6.07, 6.45) is 7.32. The van der Waals surface area contributed by atoms with Crippen LogP contribution in [-0.4, -0.2) is 35.1 Å². The van der Waals surface area contributed by atoms with Crippen molar-refractivity contribution in [3.05, 3.63) is 0 Å². The summed E-state index contributed by atoms with van der Waals surface area (Å²) in [6.45, 7) is 8.02. The first-order chi connectivity index (χ1) is 9.44. The van der Waals surface area contributed by atoms with Gasteiger partial charge >= 0.3 is 0 Å². The molecule has 1 unspecified atom stereocenters. The van der Waals surface area contributed by atoms with Gasteiger partial charge in [-0.05, 0) is 50.9 Å². The van der Waals surface area contributed by atoms with Crippen molar-refractivity contribution < 1.29 is 9.90 Å². The molecule has 1 heterocycles. The molecule has 2 rings (SSSR count). The van der Waals surface area contributed by atoms with E-state index in [0.717, 1.165) is 45.2 Å². The quantitative estimate of drug-likeness (QED) is 0.859.